The van der Waals surface area contributed by atoms with Crippen LogP contribution in [0, 0.1) is 45.3 Å². The van der Waals surface area contributed by atoms with Gasteiger partial charge in [0, 0.05) is 0 Å². The summed E-state index contributed by atoms with van der Waals surface area (Å²) >= 11 is 0. The van der Waals surface area contributed by atoms with E-state index in [0.717, 1.165) is 18.3 Å². The molecule has 0 saturated heterocycles. The van der Waals surface area contributed by atoms with Crippen LogP contribution in [-0.2, 0) is 9.53 Å². The zero-order valence-electron chi connectivity index (χ0n) is 19.4. The lowest BCUT2D eigenvalue weighted by molar-refractivity contribution is -0.203. The van der Waals surface area contributed by atoms with Crippen molar-refractivity contribution in [2.75, 3.05) is 7.11 Å². The number of carbonyl (C=O) groups is 1. The first-order chi connectivity index (χ1) is 13.0. The monoisotopic (exact) mass is 386 g/mol. The number of rotatable bonds is 1. The molecule has 0 spiro atoms. The Morgan fingerprint density at radius 1 is 0.893 bits per heavy atom. The quantitative estimate of drug-likeness (QED) is 0.366. The molecule has 4 rings (SSSR count). The van der Waals surface area contributed by atoms with Crippen molar-refractivity contribution in [3.05, 3.63) is 11.6 Å². The smallest absolute Gasteiger partial charge is 0.313 e. The maximum Gasteiger partial charge on any atom is 0.313 e. The molecule has 3 saturated carbocycles. The first kappa shape index (κ1) is 20.5. The van der Waals surface area contributed by atoms with Gasteiger partial charge < -0.3 is 4.74 Å². The van der Waals surface area contributed by atoms with Crippen LogP contribution in [0.4, 0.5) is 0 Å². The van der Waals surface area contributed by atoms with Crippen molar-refractivity contribution in [1.29, 1.82) is 0 Å². The zero-order valence-corrected chi connectivity index (χ0v) is 19.4. The summed E-state index contributed by atoms with van der Waals surface area (Å²) in [7, 11) is 1.56. The minimum atomic E-state index is -0.0534. The molecule has 158 valence electrons. The molecule has 4 aliphatic rings. The van der Waals surface area contributed by atoms with Gasteiger partial charge in [-0.15, -0.1) is 0 Å². The van der Waals surface area contributed by atoms with Crippen molar-refractivity contribution in [3.8, 4) is 0 Å². The Morgan fingerprint density at radius 2 is 1.50 bits per heavy atom. The van der Waals surface area contributed by atoms with Crippen LogP contribution in [-0.4, -0.2) is 13.1 Å². The summed E-state index contributed by atoms with van der Waals surface area (Å²) in [5, 5.41) is 0. The van der Waals surface area contributed by atoms with Crippen LogP contribution in [0.3, 0.4) is 0 Å². The van der Waals surface area contributed by atoms with Crippen LogP contribution in [0.25, 0.3) is 0 Å². The standard InChI is InChI=1S/C26H42O2/c1-17-9-10-19-25(5)15-11-18-23(2,3)13-8-14-24(18,4)20(25)12-16-26(19,6)21(17)22(27)28-7/h9,18-21H,8,10-16H2,1-7H3/t18?,19-,20+,21-,24-,25-,26-/m0/s1. The molecule has 2 nitrogen and oxygen atoms in total. The highest BCUT2D eigenvalue weighted by molar-refractivity contribution is 5.77. The van der Waals surface area contributed by atoms with Crippen LogP contribution in [0.15, 0.2) is 11.6 Å². The third kappa shape index (κ3) is 2.54. The fourth-order valence-corrected chi connectivity index (χ4v) is 9.54. The molecule has 1 unspecified atom stereocenters. The van der Waals surface area contributed by atoms with Crippen molar-refractivity contribution >= 4 is 5.97 Å². The third-order valence-corrected chi connectivity index (χ3v) is 10.6. The van der Waals surface area contributed by atoms with Crippen LogP contribution in [0.2, 0.25) is 0 Å². The minimum Gasteiger partial charge on any atom is -0.469 e. The second-order valence-corrected chi connectivity index (χ2v) is 12.2. The van der Waals surface area contributed by atoms with Crippen molar-refractivity contribution in [1.82, 2.24) is 0 Å². The predicted octanol–water partition coefficient (Wildman–Crippen LogP) is 6.79. The molecule has 0 aromatic rings. The molecular formula is C26H42O2. The first-order valence-corrected chi connectivity index (χ1v) is 11.8. The molecule has 0 aliphatic heterocycles. The Morgan fingerprint density at radius 3 is 2.18 bits per heavy atom. The number of allylic oxidation sites excluding steroid dienone is 1. The van der Waals surface area contributed by atoms with E-state index in [0.29, 0.717) is 22.2 Å². The van der Waals surface area contributed by atoms with E-state index < -0.39 is 0 Å². The highest BCUT2D eigenvalue weighted by Crippen LogP contribution is 2.73. The highest BCUT2D eigenvalue weighted by Gasteiger charge is 2.66. The van der Waals surface area contributed by atoms with Crippen LogP contribution in [0.5, 0.6) is 0 Å². The van der Waals surface area contributed by atoms with Gasteiger partial charge in [-0.25, -0.2) is 0 Å². The topological polar surface area (TPSA) is 26.3 Å². The largest absolute Gasteiger partial charge is 0.469 e. The number of fused-ring (bicyclic) bond motifs is 5. The van der Waals surface area contributed by atoms with Gasteiger partial charge >= 0.3 is 5.97 Å². The molecule has 4 aliphatic carbocycles. The lowest BCUT2D eigenvalue weighted by atomic mass is 9.35. The number of hydrogen-bond acceptors (Lipinski definition) is 2. The summed E-state index contributed by atoms with van der Waals surface area (Å²) in [5.74, 6) is 2.17. The number of esters is 1. The van der Waals surface area contributed by atoms with Crippen molar-refractivity contribution in [3.63, 3.8) is 0 Å². The maximum atomic E-state index is 12.8. The van der Waals surface area contributed by atoms with E-state index in [1.807, 2.05) is 0 Å². The molecule has 0 bridgehead atoms. The third-order valence-electron chi connectivity index (χ3n) is 10.6. The summed E-state index contributed by atoms with van der Waals surface area (Å²) in [5.41, 5.74) is 2.57. The predicted molar refractivity (Wildman–Crippen MR) is 115 cm³/mol. The second-order valence-electron chi connectivity index (χ2n) is 12.2. The number of carbonyl (C=O) groups excluding carboxylic acids is 1. The van der Waals surface area contributed by atoms with E-state index in [2.05, 4.69) is 47.6 Å². The number of ether oxygens (including phenoxy) is 1. The first-order valence-electron chi connectivity index (χ1n) is 11.8. The zero-order chi connectivity index (χ0) is 20.5. The fourth-order valence-electron chi connectivity index (χ4n) is 9.54. The van der Waals surface area contributed by atoms with Gasteiger partial charge in [-0.3, -0.25) is 4.79 Å². The summed E-state index contributed by atoms with van der Waals surface area (Å²) in [6.07, 6.45) is 12.9. The molecular weight excluding hydrogens is 344 g/mol. The SMILES string of the molecule is COC(=O)[C@@H]1C(C)=CC[C@H]2[C@]3(C)CCC4C(C)(C)CCC[C@]4(C)[C@H]3CC[C@]12C. The Hall–Kier alpha value is -0.790. The molecule has 0 aromatic heterocycles. The molecule has 0 N–H and O–H groups in total. The van der Waals surface area contributed by atoms with Gasteiger partial charge in [0.1, 0.15) is 0 Å². The Labute approximate surface area is 172 Å². The van der Waals surface area contributed by atoms with Crippen molar-refractivity contribution in [2.24, 2.45) is 45.3 Å². The van der Waals surface area contributed by atoms with E-state index in [4.69, 9.17) is 4.74 Å². The molecule has 0 aromatic carbocycles. The number of methoxy groups -OCH3 is 1. The Balaban J connectivity index is 1.75. The lowest BCUT2D eigenvalue weighted by Crippen LogP contribution is -2.63. The second kappa shape index (κ2) is 6.35. The van der Waals surface area contributed by atoms with Crippen molar-refractivity contribution in [2.45, 2.75) is 92.9 Å². The van der Waals surface area contributed by atoms with E-state index in [1.165, 1.54) is 50.5 Å². The molecule has 2 heteroatoms. The van der Waals surface area contributed by atoms with E-state index in [9.17, 15) is 4.79 Å². The summed E-state index contributed by atoms with van der Waals surface area (Å²) in [4.78, 5) is 12.8. The molecule has 3 fully saturated rings. The van der Waals surface area contributed by atoms with Crippen LogP contribution < -0.4 is 0 Å². The van der Waals surface area contributed by atoms with Gasteiger partial charge in [-0.1, -0.05) is 52.7 Å². The van der Waals surface area contributed by atoms with E-state index >= 15 is 0 Å². The number of hydrogen-bond donors (Lipinski definition) is 0. The van der Waals surface area contributed by atoms with E-state index in [1.54, 1.807) is 7.11 Å². The molecule has 28 heavy (non-hydrogen) atoms. The van der Waals surface area contributed by atoms with Gasteiger partial charge in [0.05, 0.1) is 13.0 Å². The highest BCUT2D eigenvalue weighted by atomic mass is 16.5. The van der Waals surface area contributed by atoms with Gasteiger partial charge in [0.15, 0.2) is 0 Å². The average Bonchev–Trinajstić information content (AvgIpc) is 2.59. The van der Waals surface area contributed by atoms with Crippen LogP contribution in [0.1, 0.15) is 92.9 Å². The molecule has 0 amide bonds. The normalized spacial score (nSPS) is 49.9. The van der Waals surface area contributed by atoms with E-state index in [-0.39, 0.29) is 17.3 Å². The molecule has 0 radical (unpaired) electrons. The minimum absolute atomic E-state index is 0.0123. The van der Waals surface area contributed by atoms with Gasteiger partial charge in [-0.05, 0) is 91.3 Å². The van der Waals surface area contributed by atoms with Crippen molar-refractivity contribution < 1.29 is 9.53 Å². The summed E-state index contributed by atoms with van der Waals surface area (Å²) in [6.45, 7) is 14.9. The van der Waals surface area contributed by atoms with Gasteiger partial charge in [0.25, 0.3) is 0 Å². The summed E-state index contributed by atoms with van der Waals surface area (Å²) < 4.78 is 5.30. The fraction of sp³-hybridized carbons (Fsp3) is 0.885. The average molecular weight is 387 g/mol. The van der Waals surface area contributed by atoms with Gasteiger partial charge in [-0.2, -0.15) is 0 Å². The molecule has 0 heterocycles. The maximum absolute atomic E-state index is 12.8. The Bertz CT molecular complexity index is 691. The molecule has 7 atom stereocenters. The van der Waals surface area contributed by atoms with Crippen LogP contribution >= 0.6 is 0 Å². The summed E-state index contributed by atoms with van der Waals surface area (Å²) in [6, 6.07) is 0. The van der Waals surface area contributed by atoms with Gasteiger partial charge in [0.2, 0.25) is 0 Å². The Kier molecular flexibility index (Phi) is 4.65. The lowest BCUT2D eigenvalue weighted by Gasteiger charge is -2.69.